The van der Waals surface area contributed by atoms with Crippen LogP contribution in [0.25, 0.3) is 17.7 Å². The molecule has 0 spiro atoms. The topological polar surface area (TPSA) is 3.24 Å². The zero-order chi connectivity index (χ0) is 14.1. The van der Waals surface area contributed by atoms with Crippen LogP contribution in [-0.4, -0.2) is 14.1 Å². The van der Waals surface area contributed by atoms with Crippen LogP contribution in [0.4, 0.5) is 5.69 Å². The van der Waals surface area contributed by atoms with Crippen LogP contribution in [0.2, 0.25) is 0 Å². The molecule has 100 valence electrons. The van der Waals surface area contributed by atoms with Crippen LogP contribution in [0.5, 0.6) is 0 Å². The molecule has 2 aromatic carbocycles. The van der Waals surface area contributed by atoms with E-state index in [0.717, 1.165) is 4.47 Å². The zero-order valence-electron chi connectivity index (χ0n) is 11.6. The number of hydrogen-bond donors (Lipinski definition) is 0. The van der Waals surface area contributed by atoms with Crippen LogP contribution < -0.4 is 4.90 Å². The van der Waals surface area contributed by atoms with E-state index in [0.29, 0.717) is 0 Å². The van der Waals surface area contributed by atoms with Gasteiger partial charge in [0.25, 0.3) is 0 Å². The molecule has 0 N–H and O–H groups in total. The van der Waals surface area contributed by atoms with Crippen molar-refractivity contribution in [1.82, 2.24) is 0 Å². The highest BCUT2D eigenvalue weighted by atomic mass is 79.9. The number of fused-ring (bicyclic) bond motifs is 1. The Bertz CT molecular complexity index is 711. The summed E-state index contributed by atoms with van der Waals surface area (Å²) < 4.78 is 1.12. The van der Waals surface area contributed by atoms with Gasteiger partial charge in [0.05, 0.1) is 5.69 Å². The van der Waals surface area contributed by atoms with Crippen molar-refractivity contribution in [2.75, 3.05) is 19.0 Å². The second-order valence-electron chi connectivity index (χ2n) is 5.13. The van der Waals surface area contributed by atoms with Gasteiger partial charge in [0.15, 0.2) is 0 Å². The van der Waals surface area contributed by atoms with Crippen LogP contribution in [0.1, 0.15) is 16.7 Å². The Morgan fingerprint density at radius 3 is 2.55 bits per heavy atom. The number of allylic oxidation sites excluding steroid dienone is 2. The molecule has 0 unspecified atom stereocenters. The summed E-state index contributed by atoms with van der Waals surface area (Å²) in [5.41, 5.74) is 6.27. The Hall–Kier alpha value is -1.80. The van der Waals surface area contributed by atoms with Gasteiger partial charge in [-0.3, -0.25) is 0 Å². The van der Waals surface area contributed by atoms with E-state index in [4.69, 9.17) is 0 Å². The molecule has 0 atom stereocenters. The van der Waals surface area contributed by atoms with E-state index in [1.807, 2.05) is 14.1 Å². The van der Waals surface area contributed by atoms with Crippen molar-refractivity contribution >= 4 is 39.3 Å². The first-order valence-corrected chi connectivity index (χ1v) is 7.40. The average molecular weight is 326 g/mol. The van der Waals surface area contributed by atoms with Crippen molar-refractivity contribution in [1.29, 1.82) is 0 Å². The summed E-state index contributed by atoms with van der Waals surface area (Å²) in [4.78, 5) is 2.10. The lowest BCUT2D eigenvalue weighted by Crippen LogP contribution is -2.09. The standard InChI is InChI=1S/C18H16BrN/c1-20(2)18-10-7-13(12-17(18)19)11-15-9-8-14-5-3-4-6-16(14)15/h3-12H,1-2H3/b15-11+. The highest BCUT2D eigenvalue weighted by molar-refractivity contribution is 9.10. The third-order valence-electron chi connectivity index (χ3n) is 3.49. The monoisotopic (exact) mass is 325 g/mol. The van der Waals surface area contributed by atoms with E-state index in [1.165, 1.54) is 28.0 Å². The largest absolute Gasteiger partial charge is 0.377 e. The van der Waals surface area contributed by atoms with E-state index >= 15 is 0 Å². The number of nitrogens with zero attached hydrogens (tertiary/aromatic N) is 1. The number of halogens is 1. The Morgan fingerprint density at radius 2 is 1.80 bits per heavy atom. The minimum absolute atomic E-state index is 1.12. The molecule has 0 aromatic heterocycles. The van der Waals surface area contributed by atoms with Gasteiger partial charge in [0.2, 0.25) is 0 Å². The smallest absolute Gasteiger partial charge is 0.0505 e. The van der Waals surface area contributed by atoms with E-state index < -0.39 is 0 Å². The molecular weight excluding hydrogens is 310 g/mol. The molecule has 0 saturated heterocycles. The van der Waals surface area contributed by atoms with Crippen molar-refractivity contribution in [2.45, 2.75) is 0 Å². The predicted octanol–water partition coefficient (Wildman–Crippen LogP) is 5.08. The molecule has 1 nitrogen and oxygen atoms in total. The second kappa shape index (κ2) is 5.29. The van der Waals surface area contributed by atoms with Gasteiger partial charge in [-0.1, -0.05) is 42.5 Å². The summed E-state index contributed by atoms with van der Waals surface area (Å²) in [5.74, 6) is 0. The third-order valence-corrected chi connectivity index (χ3v) is 4.13. The number of rotatable bonds is 2. The maximum atomic E-state index is 3.64. The molecule has 0 fully saturated rings. The molecule has 0 radical (unpaired) electrons. The van der Waals surface area contributed by atoms with E-state index in [9.17, 15) is 0 Å². The Kier molecular flexibility index (Phi) is 3.49. The minimum Gasteiger partial charge on any atom is -0.377 e. The lowest BCUT2D eigenvalue weighted by molar-refractivity contribution is 1.12. The van der Waals surface area contributed by atoms with Gasteiger partial charge in [-0.25, -0.2) is 0 Å². The van der Waals surface area contributed by atoms with E-state index in [-0.39, 0.29) is 0 Å². The molecule has 2 heteroatoms. The molecule has 0 aliphatic heterocycles. The summed E-state index contributed by atoms with van der Waals surface area (Å²) in [5, 5.41) is 0. The SMILES string of the molecule is CN(C)c1ccc(/C=C2\C=Cc3ccccc32)cc1Br. The maximum absolute atomic E-state index is 3.64. The first-order valence-electron chi connectivity index (χ1n) is 6.61. The summed E-state index contributed by atoms with van der Waals surface area (Å²) in [6, 6.07) is 14.9. The highest BCUT2D eigenvalue weighted by Gasteiger charge is 2.09. The molecule has 0 bridgehead atoms. The normalized spacial score (nSPS) is 14.7. The van der Waals surface area contributed by atoms with Crippen LogP contribution in [-0.2, 0) is 0 Å². The summed E-state index contributed by atoms with van der Waals surface area (Å²) in [6.07, 6.45) is 6.58. The van der Waals surface area contributed by atoms with Crippen molar-refractivity contribution in [3.63, 3.8) is 0 Å². The second-order valence-corrected chi connectivity index (χ2v) is 5.98. The Morgan fingerprint density at radius 1 is 1.00 bits per heavy atom. The molecule has 0 heterocycles. The summed E-state index contributed by atoms with van der Waals surface area (Å²) >= 11 is 3.64. The first kappa shape index (κ1) is 13.2. The summed E-state index contributed by atoms with van der Waals surface area (Å²) in [6.45, 7) is 0. The fraction of sp³-hybridized carbons (Fsp3) is 0.111. The van der Waals surface area contributed by atoms with E-state index in [1.54, 1.807) is 0 Å². The number of anilines is 1. The number of hydrogen-bond acceptors (Lipinski definition) is 1. The van der Waals surface area contributed by atoms with Gasteiger partial charge in [-0.2, -0.15) is 0 Å². The fourth-order valence-corrected chi connectivity index (χ4v) is 3.21. The summed E-state index contributed by atoms with van der Waals surface area (Å²) in [7, 11) is 4.10. The zero-order valence-corrected chi connectivity index (χ0v) is 13.2. The average Bonchev–Trinajstić information content (AvgIpc) is 2.82. The van der Waals surface area contributed by atoms with Crippen molar-refractivity contribution < 1.29 is 0 Å². The van der Waals surface area contributed by atoms with Crippen molar-refractivity contribution in [3.05, 3.63) is 69.7 Å². The molecule has 0 saturated carbocycles. The Labute approximate surface area is 128 Å². The maximum Gasteiger partial charge on any atom is 0.0505 e. The van der Waals surface area contributed by atoms with Crippen LogP contribution in [0.3, 0.4) is 0 Å². The van der Waals surface area contributed by atoms with Gasteiger partial charge in [-0.05, 0) is 56.4 Å². The van der Waals surface area contributed by atoms with E-state index in [2.05, 4.69) is 81.5 Å². The lowest BCUT2D eigenvalue weighted by atomic mass is 10.0. The predicted molar refractivity (Wildman–Crippen MR) is 91.8 cm³/mol. The van der Waals surface area contributed by atoms with Crippen LogP contribution >= 0.6 is 15.9 Å². The molecule has 20 heavy (non-hydrogen) atoms. The molecular formula is C18H16BrN. The quantitative estimate of drug-likeness (QED) is 0.744. The minimum atomic E-state index is 1.12. The third kappa shape index (κ3) is 2.44. The first-order chi connectivity index (χ1) is 9.65. The Balaban J connectivity index is 1.98. The molecule has 2 aromatic rings. The molecule has 3 rings (SSSR count). The van der Waals surface area contributed by atoms with Gasteiger partial charge in [0, 0.05) is 18.6 Å². The van der Waals surface area contributed by atoms with Crippen molar-refractivity contribution in [3.8, 4) is 0 Å². The van der Waals surface area contributed by atoms with Crippen molar-refractivity contribution in [2.24, 2.45) is 0 Å². The molecule has 1 aliphatic carbocycles. The van der Waals surface area contributed by atoms with Gasteiger partial charge < -0.3 is 4.90 Å². The van der Waals surface area contributed by atoms with Gasteiger partial charge in [0.1, 0.15) is 0 Å². The van der Waals surface area contributed by atoms with Crippen LogP contribution in [0.15, 0.2) is 53.0 Å². The van der Waals surface area contributed by atoms with Crippen LogP contribution in [0, 0.1) is 0 Å². The molecule has 0 amide bonds. The number of benzene rings is 2. The molecule has 1 aliphatic rings. The lowest BCUT2D eigenvalue weighted by Gasteiger charge is -2.14. The fourth-order valence-electron chi connectivity index (χ4n) is 2.46. The highest BCUT2D eigenvalue weighted by Crippen LogP contribution is 2.32. The van der Waals surface area contributed by atoms with Gasteiger partial charge >= 0.3 is 0 Å². The van der Waals surface area contributed by atoms with Gasteiger partial charge in [-0.15, -0.1) is 0 Å².